The first-order valence-electron chi connectivity index (χ1n) is 6.25. The van der Waals surface area contributed by atoms with E-state index in [0.717, 1.165) is 29.4 Å². The lowest BCUT2D eigenvalue weighted by molar-refractivity contribution is 0.718. The van der Waals surface area contributed by atoms with Crippen molar-refractivity contribution in [3.05, 3.63) is 34.3 Å². The number of nitrogens with zero attached hydrogens (tertiary/aromatic N) is 2. The third-order valence-corrected chi connectivity index (χ3v) is 3.92. The number of benzene rings is 1. The molecule has 18 heavy (non-hydrogen) atoms. The van der Waals surface area contributed by atoms with Crippen LogP contribution in [0, 0.1) is 13.8 Å². The van der Waals surface area contributed by atoms with Crippen LogP contribution in [0.25, 0.3) is 10.6 Å². The van der Waals surface area contributed by atoms with Crippen LogP contribution in [0.3, 0.4) is 0 Å². The van der Waals surface area contributed by atoms with Gasteiger partial charge in [0.25, 0.3) is 0 Å². The molecule has 0 unspecified atom stereocenters. The average Bonchev–Trinajstić information content (AvgIpc) is 2.81. The van der Waals surface area contributed by atoms with Crippen molar-refractivity contribution in [2.45, 2.75) is 26.7 Å². The van der Waals surface area contributed by atoms with Crippen LogP contribution >= 0.6 is 11.3 Å². The second-order valence-electron chi connectivity index (χ2n) is 4.53. The first-order valence-corrected chi connectivity index (χ1v) is 7.07. The van der Waals surface area contributed by atoms with Gasteiger partial charge in [0.05, 0.1) is 0 Å². The first kappa shape index (κ1) is 13.2. The Morgan fingerprint density at radius 2 is 2.06 bits per heavy atom. The molecule has 2 aromatic rings. The molecule has 0 aliphatic carbocycles. The Morgan fingerprint density at radius 1 is 1.22 bits per heavy atom. The second kappa shape index (κ2) is 6.07. The van der Waals surface area contributed by atoms with E-state index in [4.69, 9.17) is 0 Å². The Hall–Kier alpha value is -1.26. The maximum absolute atomic E-state index is 4.32. The predicted molar refractivity (Wildman–Crippen MR) is 77.1 cm³/mol. The lowest BCUT2D eigenvalue weighted by Gasteiger charge is -2.02. The van der Waals surface area contributed by atoms with Crippen LogP contribution in [-0.4, -0.2) is 23.8 Å². The maximum Gasteiger partial charge on any atom is 0.148 e. The van der Waals surface area contributed by atoms with E-state index in [9.17, 15) is 0 Å². The van der Waals surface area contributed by atoms with E-state index >= 15 is 0 Å². The number of aromatic nitrogens is 2. The molecule has 96 valence electrons. The van der Waals surface area contributed by atoms with Crippen LogP contribution < -0.4 is 5.32 Å². The van der Waals surface area contributed by atoms with Gasteiger partial charge in [-0.25, -0.2) is 0 Å². The standard InChI is InChI=1S/C14H19N3S/c1-10-6-7-11(2)12(9-10)14-17-16-13(18-14)5-4-8-15-3/h6-7,9,15H,4-5,8H2,1-3H3. The van der Waals surface area contributed by atoms with Crippen molar-refractivity contribution in [1.29, 1.82) is 0 Å². The quantitative estimate of drug-likeness (QED) is 0.841. The van der Waals surface area contributed by atoms with Crippen LogP contribution in [0.4, 0.5) is 0 Å². The summed E-state index contributed by atoms with van der Waals surface area (Å²) in [5.74, 6) is 0. The van der Waals surface area contributed by atoms with E-state index in [1.807, 2.05) is 7.05 Å². The van der Waals surface area contributed by atoms with Gasteiger partial charge in [-0.2, -0.15) is 0 Å². The minimum absolute atomic E-state index is 1.00. The van der Waals surface area contributed by atoms with Gasteiger partial charge in [-0.15, -0.1) is 10.2 Å². The normalized spacial score (nSPS) is 10.8. The van der Waals surface area contributed by atoms with Crippen LogP contribution in [0.1, 0.15) is 22.6 Å². The molecule has 0 radical (unpaired) electrons. The minimum atomic E-state index is 1.00. The summed E-state index contributed by atoms with van der Waals surface area (Å²) in [4.78, 5) is 0. The van der Waals surface area contributed by atoms with Gasteiger partial charge in [0.1, 0.15) is 10.0 Å². The molecule has 1 heterocycles. The summed E-state index contributed by atoms with van der Waals surface area (Å²) in [6, 6.07) is 6.47. The van der Waals surface area contributed by atoms with Crippen molar-refractivity contribution in [1.82, 2.24) is 15.5 Å². The Balaban J connectivity index is 2.16. The van der Waals surface area contributed by atoms with E-state index < -0.39 is 0 Å². The highest BCUT2D eigenvalue weighted by atomic mass is 32.1. The molecule has 3 nitrogen and oxygen atoms in total. The summed E-state index contributed by atoms with van der Waals surface area (Å²) in [6.45, 7) is 5.26. The van der Waals surface area contributed by atoms with Gasteiger partial charge in [-0.05, 0) is 45.5 Å². The lowest BCUT2D eigenvalue weighted by Crippen LogP contribution is -2.08. The van der Waals surface area contributed by atoms with Gasteiger partial charge >= 0.3 is 0 Å². The van der Waals surface area contributed by atoms with Crippen LogP contribution in [0.15, 0.2) is 18.2 Å². The molecular formula is C14H19N3S. The molecule has 0 saturated carbocycles. The molecule has 0 saturated heterocycles. The van der Waals surface area contributed by atoms with Crippen molar-refractivity contribution in [3.63, 3.8) is 0 Å². The molecule has 0 aliphatic rings. The average molecular weight is 261 g/mol. The third-order valence-electron chi connectivity index (χ3n) is 2.91. The highest BCUT2D eigenvalue weighted by Gasteiger charge is 2.09. The highest BCUT2D eigenvalue weighted by molar-refractivity contribution is 7.14. The molecule has 2 rings (SSSR count). The fourth-order valence-electron chi connectivity index (χ4n) is 1.85. The van der Waals surface area contributed by atoms with Crippen molar-refractivity contribution < 1.29 is 0 Å². The molecular weight excluding hydrogens is 242 g/mol. The maximum atomic E-state index is 4.32. The summed E-state index contributed by atoms with van der Waals surface area (Å²) in [5, 5.41) is 13.9. The third kappa shape index (κ3) is 3.15. The van der Waals surface area contributed by atoms with E-state index in [0.29, 0.717) is 0 Å². The van der Waals surface area contributed by atoms with Gasteiger partial charge in [-0.3, -0.25) is 0 Å². The molecule has 1 aromatic carbocycles. The smallest absolute Gasteiger partial charge is 0.148 e. The largest absolute Gasteiger partial charge is 0.320 e. The molecule has 4 heteroatoms. The van der Waals surface area contributed by atoms with Gasteiger partial charge in [0.2, 0.25) is 0 Å². The Bertz CT molecular complexity index is 520. The Labute approximate surface area is 112 Å². The second-order valence-corrected chi connectivity index (χ2v) is 5.59. The molecule has 0 amide bonds. The number of hydrogen-bond acceptors (Lipinski definition) is 4. The first-order chi connectivity index (χ1) is 8.70. The van der Waals surface area contributed by atoms with E-state index in [1.54, 1.807) is 11.3 Å². The van der Waals surface area contributed by atoms with Gasteiger partial charge < -0.3 is 5.32 Å². The topological polar surface area (TPSA) is 37.8 Å². The number of hydrogen-bond donors (Lipinski definition) is 1. The fourth-order valence-corrected chi connectivity index (χ4v) is 2.81. The van der Waals surface area contributed by atoms with Crippen LogP contribution in [0.2, 0.25) is 0 Å². The minimum Gasteiger partial charge on any atom is -0.320 e. The van der Waals surface area contributed by atoms with Crippen LogP contribution in [-0.2, 0) is 6.42 Å². The number of aryl methyl sites for hydroxylation is 3. The van der Waals surface area contributed by atoms with Gasteiger partial charge in [-0.1, -0.05) is 29.0 Å². The monoisotopic (exact) mass is 261 g/mol. The predicted octanol–water partition coefficient (Wildman–Crippen LogP) is 2.97. The summed E-state index contributed by atoms with van der Waals surface area (Å²) >= 11 is 1.71. The fraction of sp³-hybridized carbons (Fsp3) is 0.429. The molecule has 0 bridgehead atoms. The molecule has 1 N–H and O–H groups in total. The molecule has 0 aliphatic heterocycles. The van der Waals surface area contributed by atoms with E-state index in [1.165, 1.54) is 16.7 Å². The van der Waals surface area contributed by atoms with E-state index in [2.05, 4.69) is 47.6 Å². The molecule has 0 atom stereocenters. The van der Waals surface area contributed by atoms with Gasteiger partial charge in [0.15, 0.2) is 0 Å². The highest BCUT2D eigenvalue weighted by Crippen LogP contribution is 2.27. The van der Waals surface area contributed by atoms with Gasteiger partial charge in [0, 0.05) is 12.0 Å². The van der Waals surface area contributed by atoms with Crippen LogP contribution in [0.5, 0.6) is 0 Å². The zero-order valence-corrected chi connectivity index (χ0v) is 12.0. The summed E-state index contributed by atoms with van der Waals surface area (Å²) in [7, 11) is 1.97. The van der Waals surface area contributed by atoms with Crippen molar-refractivity contribution in [2.75, 3.05) is 13.6 Å². The molecule has 0 spiro atoms. The molecule has 1 aromatic heterocycles. The number of nitrogens with one attached hydrogen (secondary N) is 1. The zero-order valence-electron chi connectivity index (χ0n) is 11.2. The Kier molecular flexibility index (Phi) is 4.44. The summed E-state index contributed by atoms with van der Waals surface area (Å²) in [6.07, 6.45) is 2.11. The SMILES string of the molecule is CNCCCc1nnc(-c2cc(C)ccc2C)s1. The van der Waals surface area contributed by atoms with E-state index in [-0.39, 0.29) is 0 Å². The molecule has 0 fully saturated rings. The van der Waals surface area contributed by atoms with Crippen molar-refractivity contribution in [3.8, 4) is 10.6 Å². The van der Waals surface area contributed by atoms with Crippen molar-refractivity contribution in [2.24, 2.45) is 0 Å². The van der Waals surface area contributed by atoms with Crippen molar-refractivity contribution >= 4 is 11.3 Å². The Morgan fingerprint density at radius 3 is 2.83 bits per heavy atom. The number of rotatable bonds is 5. The summed E-state index contributed by atoms with van der Waals surface area (Å²) in [5.41, 5.74) is 3.74. The zero-order chi connectivity index (χ0) is 13.0. The lowest BCUT2D eigenvalue weighted by atomic mass is 10.1. The summed E-state index contributed by atoms with van der Waals surface area (Å²) < 4.78 is 0.